The minimum absolute atomic E-state index is 0.598. The van der Waals surface area contributed by atoms with Crippen LogP contribution in [0.3, 0.4) is 0 Å². The monoisotopic (exact) mass is 271 g/mol. The molecule has 0 amide bonds. The van der Waals surface area contributed by atoms with Crippen molar-refractivity contribution in [3.63, 3.8) is 0 Å². The van der Waals surface area contributed by atoms with Crippen LogP contribution in [0.25, 0.3) is 0 Å². The van der Waals surface area contributed by atoms with Crippen molar-refractivity contribution in [3.05, 3.63) is 11.7 Å². The second-order valence-electron chi connectivity index (χ2n) is 4.85. The number of hydrogen-bond acceptors (Lipinski definition) is 5. The molecule has 0 aromatic carbocycles. The van der Waals surface area contributed by atoms with Gasteiger partial charge in [-0.05, 0) is 30.6 Å². The highest BCUT2D eigenvalue weighted by atomic mass is 32.2. The lowest BCUT2D eigenvalue weighted by atomic mass is 9.97. The molecular weight excluding hydrogens is 246 g/mol. The summed E-state index contributed by atoms with van der Waals surface area (Å²) in [5.41, 5.74) is 5.59. The van der Waals surface area contributed by atoms with Crippen LogP contribution in [0.1, 0.15) is 51.7 Å². The molecule has 4 nitrogen and oxygen atoms in total. The maximum atomic E-state index is 5.59. The van der Waals surface area contributed by atoms with E-state index in [1.54, 1.807) is 0 Å². The van der Waals surface area contributed by atoms with Gasteiger partial charge in [0.15, 0.2) is 5.82 Å². The fraction of sp³-hybridized carbons (Fsp3) is 0.846. The molecule has 1 atom stereocenters. The second kappa shape index (κ2) is 8.53. The molecule has 0 aliphatic rings. The minimum atomic E-state index is 0.598. The van der Waals surface area contributed by atoms with E-state index >= 15 is 0 Å². The fourth-order valence-electron chi connectivity index (χ4n) is 1.81. The van der Waals surface area contributed by atoms with Crippen LogP contribution in [0.5, 0.6) is 0 Å². The quantitative estimate of drug-likeness (QED) is 0.748. The van der Waals surface area contributed by atoms with E-state index in [4.69, 9.17) is 10.3 Å². The first kappa shape index (κ1) is 15.5. The molecule has 1 aromatic heterocycles. The van der Waals surface area contributed by atoms with E-state index in [0.29, 0.717) is 11.2 Å². The Bertz CT molecular complexity index is 328. The van der Waals surface area contributed by atoms with Gasteiger partial charge in [-0.1, -0.05) is 32.3 Å². The summed E-state index contributed by atoms with van der Waals surface area (Å²) in [4.78, 5) is 4.42. The summed E-state index contributed by atoms with van der Waals surface area (Å²) in [6, 6.07) is 0. The lowest BCUT2D eigenvalue weighted by Crippen LogP contribution is -2.09. The van der Waals surface area contributed by atoms with Crippen molar-refractivity contribution in [1.82, 2.24) is 10.1 Å². The second-order valence-corrected chi connectivity index (χ2v) is 6.42. The zero-order valence-corrected chi connectivity index (χ0v) is 12.5. The number of thioether (sulfide) groups is 1. The van der Waals surface area contributed by atoms with Crippen LogP contribution in [0, 0.1) is 5.92 Å². The molecule has 2 N–H and O–H groups in total. The summed E-state index contributed by atoms with van der Waals surface area (Å²) in [5.74, 6) is 3.09. The normalized spacial score (nSPS) is 13.2. The van der Waals surface area contributed by atoms with Crippen LogP contribution in [-0.4, -0.2) is 21.9 Å². The maximum absolute atomic E-state index is 5.59. The molecule has 1 rings (SSSR count). The van der Waals surface area contributed by atoms with Gasteiger partial charge in [0.1, 0.15) is 0 Å². The predicted octanol–water partition coefficient (Wildman–Crippen LogP) is 3.02. The van der Waals surface area contributed by atoms with Gasteiger partial charge in [0.05, 0.1) is 5.75 Å². The highest BCUT2D eigenvalue weighted by molar-refractivity contribution is 7.99. The average molecular weight is 271 g/mol. The number of nitrogens with two attached hydrogens (primary N) is 1. The lowest BCUT2D eigenvalue weighted by Gasteiger charge is -2.11. The Hall–Kier alpha value is -0.550. The Kier molecular flexibility index (Phi) is 7.35. The summed E-state index contributed by atoms with van der Waals surface area (Å²) in [7, 11) is 0. The van der Waals surface area contributed by atoms with E-state index in [1.165, 1.54) is 6.42 Å². The van der Waals surface area contributed by atoms with Crippen LogP contribution in [0.15, 0.2) is 4.52 Å². The topological polar surface area (TPSA) is 64.9 Å². The van der Waals surface area contributed by atoms with Crippen molar-refractivity contribution in [3.8, 4) is 0 Å². The fourth-order valence-corrected chi connectivity index (χ4v) is 2.41. The van der Waals surface area contributed by atoms with Crippen LogP contribution < -0.4 is 5.73 Å². The minimum Gasteiger partial charge on any atom is -0.339 e. The van der Waals surface area contributed by atoms with Crippen LogP contribution in [0.2, 0.25) is 0 Å². The first-order chi connectivity index (χ1) is 8.65. The zero-order valence-electron chi connectivity index (χ0n) is 11.7. The third-order valence-corrected chi connectivity index (χ3v) is 4.07. The van der Waals surface area contributed by atoms with E-state index in [1.807, 2.05) is 11.8 Å². The summed E-state index contributed by atoms with van der Waals surface area (Å²) in [6.45, 7) is 7.31. The Morgan fingerprint density at radius 2 is 2.11 bits per heavy atom. The molecular formula is C13H25N3OS. The molecule has 104 valence electrons. The predicted molar refractivity (Wildman–Crippen MR) is 76.5 cm³/mol. The Morgan fingerprint density at radius 3 is 2.72 bits per heavy atom. The average Bonchev–Trinajstić information content (AvgIpc) is 2.80. The smallest absolute Gasteiger partial charge is 0.226 e. The van der Waals surface area contributed by atoms with Gasteiger partial charge in [-0.25, -0.2) is 0 Å². The zero-order chi connectivity index (χ0) is 13.4. The summed E-state index contributed by atoms with van der Waals surface area (Å²) < 4.78 is 5.26. The van der Waals surface area contributed by atoms with Gasteiger partial charge in [-0.15, -0.1) is 0 Å². The largest absolute Gasteiger partial charge is 0.339 e. The number of rotatable bonds is 9. The molecule has 5 heteroatoms. The maximum Gasteiger partial charge on any atom is 0.226 e. The molecule has 18 heavy (non-hydrogen) atoms. The summed E-state index contributed by atoms with van der Waals surface area (Å²) in [5, 5.41) is 4.60. The SMILES string of the molecule is CCC(CCN)CCc1nc(CSC(C)C)no1. The Balaban J connectivity index is 2.34. The summed E-state index contributed by atoms with van der Waals surface area (Å²) >= 11 is 1.83. The number of aromatic nitrogens is 2. The van der Waals surface area contributed by atoms with Gasteiger partial charge in [0, 0.05) is 6.42 Å². The van der Waals surface area contributed by atoms with E-state index in [2.05, 4.69) is 30.9 Å². The van der Waals surface area contributed by atoms with Gasteiger partial charge in [-0.3, -0.25) is 0 Å². The van der Waals surface area contributed by atoms with Crippen molar-refractivity contribution in [2.45, 2.75) is 57.5 Å². The first-order valence-corrected chi connectivity index (χ1v) is 7.83. The van der Waals surface area contributed by atoms with Crippen LogP contribution in [-0.2, 0) is 12.2 Å². The Morgan fingerprint density at radius 1 is 1.33 bits per heavy atom. The third kappa shape index (κ3) is 5.87. The third-order valence-electron chi connectivity index (χ3n) is 2.97. The van der Waals surface area contributed by atoms with Gasteiger partial charge >= 0.3 is 0 Å². The van der Waals surface area contributed by atoms with Crippen molar-refractivity contribution >= 4 is 11.8 Å². The van der Waals surface area contributed by atoms with E-state index in [0.717, 1.165) is 43.3 Å². The first-order valence-electron chi connectivity index (χ1n) is 6.78. The molecule has 0 saturated heterocycles. The van der Waals surface area contributed by atoms with E-state index in [9.17, 15) is 0 Å². The number of hydrogen-bond donors (Lipinski definition) is 1. The number of aryl methyl sites for hydroxylation is 1. The van der Waals surface area contributed by atoms with E-state index < -0.39 is 0 Å². The lowest BCUT2D eigenvalue weighted by molar-refractivity contribution is 0.351. The standard InChI is InChI=1S/C13H25N3OS/c1-4-11(7-8-14)5-6-13-15-12(16-17-13)9-18-10(2)3/h10-11H,4-9,14H2,1-3H3. The molecule has 1 aromatic rings. The molecule has 0 aliphatic carbocycles. The highest BCUT2D eigenvalue weighted by Gasteiger charge is 2.10. The molecule has 0 spiro atoms. The molecule has 0 bridgehead atoms. The van der Waals surface area contributed by atoms with Crippen molar-refractivity contribution in [2.24, 2.45) is 11.7 Å². The van der Waals surface area contributed by atoms with Crippen LogP contribution >= 0.6 is 11.8 Å². The molecule has 1 heterocycles. The van der Waals surface area contributed by atoms with Gasteiger partial charge in [0.25, 0.3) is 0 Å². The molecule has 0 radical (unpaired) electrons. The Labute approximate surface area is 114 Å². The molecule has 0 saturated carbocycles. The van der Waals surface area contributed by atoms with E-state index in [-0.39, 0.29) is 0 Å². The van der Waals surface area contributed by atoms with Crippen molar-refractivity contribution < 1.29 is 4.52 Å². The molecule has 1 unspecified atom stereocenters. The van der Waals surface area contributed by atoms with Gasteiger partial charge < -0.3 is 10.3 Å². The molecule has 0 fully saturated rings. The van der Waals surface area contributed by atoms with Crippen molar-refractivity contribution in [2.75, 3.05) is 6.54 Å². The van der Waals surface area contributed by atoms with Gasteiger partial charge in [-0.2, -0.15) is 16.7 Å². The van der Waals surface area contributed by atoms with Crippen molar-refractivity contribution in [1.29, 1.82) is 0 Å². The number of nitrogens with zero attached hydrogens (tertiary/aromatic N) is 2. The van der Waals surface area contributed by atoms with Crippen LogP contribution in [0.4, 0.5) is 0 Å². The van der Waals surface area contributed by atoms with Gasteiger partial charge in [0.2, 0.25) is 5.89 Å². The summed E-state index contributed by atoms with van der Waals surface area (Å²) in [6.07, 6.45) is 4.21. The highest BCUT2D eigenvalue weighted by Crippen LogP contribution is 2.17. The molecule has 0 aliphatic heterocycles.